The van der Waals surface area contributed by atoms with Crippen LogP contribution in [0.4, 0.5) is 0 Å². The first-order valence-corrected chi connectivity index (χ1v) is 7.54. The summed E-state index contributed by atoms with van der Waals surface area (Å²) in [5.74, 6) is 0. The lowest BCUT2D eigenvalue weighted by Gasteiger charge is -2.16. The smallest absolute Gasteiger partial charge is 0.0846 e. The fourth-order valence-electron chi connectivity index (χ4n) is 2.38. The van der Waals surface area contributed by atoms with Gasteiger partial charge in [-0.2, -0.15) is 0 Å². The van der Waals surface area contributed by atoms with Crippen LogP contribution < -0.4 is 5.32 Å². The lowest BCUT2D eigenvalue weighted by molar-refractivity contribution is 0.567. The monoisotopic (exact) mass is 345 g/mol. The van der Waals surface area contributed by atoms with Gasteiger partial charge in [-0.05, 0) is 35.1 Å². The number of aromatic nitrogens is 4. The van der Waals surface area contributed by atoms with Crippen molar-refractivity contribution in [3.8, 4) is 0 Å². The van der Waals surface area contributed by atoms with Crippen molar-refractivity contribution in [1.82, 2.24) is 25.3 Å². The van der Waals surface area contributed by atoms with E-state index in [2.05, 4.69) is 43.7 Å². The third-order valence-corrected chi connectivity index (χ3v) is 4.08. The number of nitrogens with zero attached hydrogens (tertiary/aromatic N) is 4. The van der Waals surface area contributed by atoms with Crippen LogP contribution in [-0.2, 0) is 13.5 Å². The summed E-state index contributed by atoms with van der Waals surface area (Å²) in [7, 11) is 3.80. The predicted octanol–water partition coefficient (Wildman–Crippen LogP) is 2.63. The van der Waals surface area contributed by atoms with E-state index in [9.17, 15) is 0 Å². The van der Waals surface area contributed by atoms with Crippen molar-refractivity contribution in [2.75, 3.05) is 7.05 Å². The number of para-hydroxylation sites is 1. The van der Waals surface area contributed by atoms with Crippen LogP contribution >= 0.6 is 15.9 Å². The molecule has 0 bridgehead atoms. The maximum absolute atomic E-state index is 4.78. The molecular weight excluding hydrogens is 330 g/mol. The lowest BCUT2D eigenvalue weighted by atomic mass is 10.1. The van der Waals surface area contributed by atoms with Gasteiger partial charge in [0.2, 0.25) is 0 Å². The molecule has 0 saturated carbocycles. The van der Waals surface area contributed by atoms with Crippen LogP contribution in [0.1, 0.15) is 17.4 Å². The lowest BCUT2D eigenvalue weighted by Crippen LogP contribution is -2.21. The van der Waals surface area contributed by atoms with Gasteiger partial charge in [-0.15, -0.1) is 5.10 Å². The van der Waals surface area contributed by atoms with Crippen molar-refractivity contribution in [3.05, 3.63) is 52.4 Å². The van der Waals surface area contributed by atoms with Gasteiger partial charge in [0.15, 0.2) is 0 Å². The Morgan fingerprint density at radius 3 is 2.86 bits per heavy atom. The van der Waals surface area contributed by atoms with Gasteiger partial charge in [-0.25, -0.2) is 4.98 Å². The van der Waals surface area contributed by atoms with Crippen molar-refractivity contribution in [1.29, 1.82) is 0 Å². The van der Waals surface area contributed by atoms with Gasteiger partial charge in [0.25, 0.3) is 0 Å². The second-order valence-electron chi connectivity index (χ2n) is 4.98. The Balaban J connectivity index is 1.97. The second kappa shape index (κ2) is 5.91. The van der Waals surface area contributed by atoms with E-state index in [4.69, 9.17) is 4.98 Å². The van der Waals surface area contributed by atoms with Gasteiger partial charge in [-0.3, -0.25) is 4.68 Å². The minimum absolute atomic E-state index is 0.0840. The molecule has 0 aliphatic rings. The molecule has 0 spiro atoms. The molecule has 5 nitrogen and oxygen atoms in total. The van der Waals surface area contributed by atoms with Crippen LogP contribution in [0.25, 0.3) is 10.9 Å². The summed E-state index contributed by atoms with van der Waals surface area (Å²) in [6.45, 7) is 0. The van der Waals surface area contributed by atoms with Gasteiger partial charge in [0.1, 0.15) is 0 Å². The minimum atomic E-state index is 0.0840. The number of halogens is 1. The van der Waals surface area contributed by atoms with E-state index >= 15 is 0 Å². The molecule has 2 aromatic heterocycles. The molecule has 6 heteroatoms. The van der Waals surface area contributed by atoms with E-state index in [1.54, 1.807) is 4.68 Å². The molecule has 3 aromatic rings. The van der Waals surface area contributed by atoms with Gasteiger partial charge in [-0.1, -0.05) is 23.4 Å². The molecule has 1 unspecified atom stereocenters. The summed E-state index contributed by atoms with van der Waals surface area (Å²) in [5.41, 5.74) is 2.93. The number of hydrogen-bond donors (Lipinski definition) is 1. The highest BCUT2D eigenvalue weighted by atomic mass is 79.9. The molecule has 108 valence electrons. The minimum Gasteiger partial charge on any atom is -0.311 e. The fourth-order valence-corrected chi connectivity index (χ4v) is 2.99. The van der Waals surface area contributed by atoms with E-state index in [1.165, 1.54) is 0 Å². The Morgan fingerprint density at radius 2 is 2.14 bits per heavy atom. The SMILES string of the molecule is CNC(Cc1cn(C)nn1)c1nc2ccccc2cc1Br. The topological polar surface area (TPSA) is 55.6 Å². The van der Waals surface area contributed by atoms with Crippen molar-refractivity contribution in [3.63, 3.8) is 0 Å². The van der Waals surface area contributed by atoms with Crippen LogP contribution in [0, 0.1) is 0 Å². The number of rotatable bonds is 4. The zero-order valence-electron chi connectivity index (χ0n) is 11.9. The molecule has 1 N–H and O–H groups in total. The summed E-state index contributed by atoms with van der Waals surface area (Å²) in [4.78, 5) is 4.78. The summed E-state index contributed by atoms with van der Waals surface area (Å²) >= 11 is 3.63. The average Bonchev–Trinajstić information content (AvgIpc) is 2.89. The maximum atomic E-state index is 4.78. The Morgan fingerprint density at radius 1 is 1.33 bits per heavy atom. The normalized spacial score (nSPS) is 12.7. The summed E-state index contributed by atoms with van der Waals surface area (Å²) in [5, 5.41) is 12.6. The molecule has 3 rings (SSSR count). The number of pyridine rings is 1. The molecule has 1 aromatic carbocycles. The second-order valence-corrected chi connectivity index (χ2v) is 5.83. The summed E-state index contributed by atoms with van der Waals surface area (Å²) in [6.07, 6.45) is 2.67. The van der Waals surface area contributed by atoms with Crippen molar-refractivity contribution in [2.45, 2.75) is 12.5 Å². The van der Waals surface area contributed by atoms with Gasteiger partial charge >= 0.3 is 0 Å². The summed E-state index contributed by atoms with van der Waals surface area (Å²) < 4.78 is 2.72. The highest BCUT2D eigenvalue weighted by molar-refractivity contribution is 9.10. The van der Waals surface area contributed by atoms with Crippen LogP contribution in [0.5, 0.6) is 0 Å². The van der Waals surface area contributed by atoms with Gasteiger partial charge in [0, 0.05) is 29.5 Å². The number of fused-ring (bicyclic) bond motifs is 1. The van der Waals surface area contributed by atoms with E-state index < -0.39 is 0 Å². The molecule has 0 aliphatic heterocycles. The highest BCUT2D eigenvalue weighted by Crippen LogP contribution is 2.27. The molecule has 0 saturated heterocycles. The fraction of sp³-hybridized carbons (Fsp3) is 0.267. The number of nitrogens with one attached hydrogen (secondary N) is 1. The third kappa shape index (κ3) is 2.96. The largest absolute Gasteiger partial charge is 0.311 e. The first kappa shape index (κ1) is 14.2. The standard InChI is InChI=1S/C15H16BrN5/c1-17-14(8-11-9-21(2)20-19-11)15-12(16)7-10-5-3-4-6-13(10)18-15/h3-7,9,14,17H,8H2,1-2H3. The third-order valence-electron chi connectivity index (χ3n) is 3.45. The maximum Gasteiger partial charge on any atom is 0.0846 e. The molecule has 0 fully saturated rings. The van der Waals surface area contributed by atoms with E-state index in [1.807, 2.05) is 38.5 Å². The van der Waals surface area contributed by atoms with Crippen LogP contribution in [0.15, 0.2) is 41.0 Å². The van der Waals surface area contributed by atoms with E-state index in [0.29, 0.717) is 0 Å². The molecular formula is C15H16BrN5. The van der Waals surface area contributed by atoms with Crippen molar-refractivity contribution in [2.24, 2.45) is 7.05 Å². The van der Waals surface area contributed by atoms with Crippen LogP contribution in [0.2, 0.25) is 0 Å². The average molecular weight is 346 g/mol. The molecule has 21 heavy (non-hydrogen) atoms. The number of aryl methyl sites for hydroxylation is 1. The Bertz CT molecular complexity index is 768. The van der Waals surface area contributed by atoms with Gasteiger partial charge < -0.3 is 5.32 Å². The molecule has 0 aliphatic carbocycles. The first-order chi connectivity index (χ1) is 10.2. The Labute approximate surface area is 131 Å². The van der Waals surface area contributed by atoms with E-state index in [-0.39, 0.29) is 6.04 Å². The predicted molar refractivity (Wildman–Crippen MR) is 86.0 cm³/mol. The number of likely N-dealkylation sites (N-methyl/N-ethyl adjacent to an activating group) is 1. The van der Waals surface area contributed by atoms with E-state index in [0.717, 1.165) is 33.2 Å². The quantitative estimate of drug-likeness (QED) is 0.789. The van der Waals surface area contributed by atoms with Crippen molar-refractivity contribution < 1.29 is 0 Å². The Kier molecular flexibility index (Phi) is 3.98. The zero-order chi connectivity index (χ0) is 14.8. The first-order valence-electron chi connectivity index (χ1n) is 6.75. The van der Waals surface area contributed by atoms with Crippen LogP contribution in [0.3, 0.4) is 0 Å². The molecule has 0 radical (unpaired) electrons. The Hall–Kier alpha value is -1.79. The number of hydrogen-bond acceptors (Lipinski definition) is 4. The zero-order valence-corrected chi connectivity index (χ0v) is 13.5. The number of benzene rings is 1. The molecule has 1 atom stereocenters. The summed E-state index contributed by atoms with van der Waals surface area (Å²) in [6, 6.07) is 10.3. The highest BCUT2D eigenvalue weighted by Gasteiger charge is 2.17. The molecule has 2 heterocycles. The molecule has 0 amide bonds. The van der Waals surface area contributed by atoms with Gasteiger partial charge in [0.05, 0.1) is 22.9 Å². The van der Waals surface area contributed by atoms with Crippen molar-refractivity contribution >= 4 is 26.8 Å². The van der Waals surface area contributed by atoms with Crippen LogP contribution in [-0.4, -0.2) is 27.0 Å².